The fraction of sp³-hybridized carbons (Fsp3) is 0.941. The van der Waals surface area contributed by atoms with Crippen molar-refractivity contribution in [1.82, 2.24) is 26.2 Å². The fourth-order valence-electron chi connectivity index (χ4n) is 5.11. The zero-order valence-corrected chi connectivity index (χ0v) is 16.3. The van der Waals surface area contributed by atoms with Gasteiger partial charge in [-0.2, -0.15) is 0 Å². The van der Waals surface area contributed by atoms with E-state index in [1.54, 1.807) is 0 Å². The minimum absolute atomic E-state index is 0.0820. The van der Waals surface area contributed by atoms with Gasteiger partial charge in [0, 0.05) is 44.2 Å². The maximum atomic E-state index is 12.8. The molecule has 4 fully saturated rings. The molecule has 4 aliphatic rings. The van der Waals surface area contributed by atoms with Gasteiger partial charge in [0.05, 0.1) is 12.1 Å². The number of hydrazine groups is 2. The van der Waals surface area contributed by atoms with E-state index in [0.29, 0.717) is 25.9 Å². The molecule has 7 nitrogen and oxygen atoms in total. The maximum Gasteiger partial charge on any atom is 0.522 e. The standard InChI is InChI=1S/C17H27ClF3N5O2/c18-15-13(7-22-23-16(15)27)25-6-5-11-10(8-25)9-26(24-11)12-3-1-2-4-14(12)28-17(19,20)21/h10-15,22,24H,1-9H2,(H,23,27). The van der Waals surface area contributed by atoms with Crippen LogP contribution >= 0.6 is 11.6 Å². The molecule has 0 aromatic rings. The van der Waals surface area contributed by atoms with Crippen LogP contribution in [0.2, 0.25) is 0 Å². The van der Waals surface area contributed by atoms with E-state index in [0.717, 1.165) is 32.4 Å². The van der Waals surface area contributed by atoms with Gasteiger partial charge in [0.1, 0.15) is 5.38 Å². The number of nitrogens with zero attached hydrogens (tertiary/aromatic N) is 2. The second kappa shape index (κ2) is 8.23. The third-order valence-corrected chi connectivity index (χ3v) is 6.95. The minimum Gasteiger partial charge on any atom is -0.297 e. The summed E-state index contributed by atoms with van der Waals surface area (Å²) in [5.74, 6) is 0.0663. The third kappa shape index (κ3) is 4.41. The van der Waals surface area contributed by atoms with Gasteiger partial charge in [-0.15, -0.1) is 24.8 Å². The Labute approximate surface area is 167 Å². The van der Waals surface area contributed by atoms with E-state index in [4.69, 9.17) is 11.6 Å². The lowest BCUT2D eigenvalue weighted by Gasteiger charge is -2.42. The highest BCUT2D eigenvalue weighted by atomic mass is 35.5. The normalized spacial score (nSPS) is 40.9. The first kappa shape index (κ1) is 20.6. The number of nitrogens with one attached hydrogen (secondary N) is 3. The molecule has 1 amide bonds. The Hall–Kier alpha value is -0.650. The summed E-state index contributed by atoms with van der Waals surface area (Å²) in [5.41, 5.74) is 8.89. The number of amides is 1. The van der Waals surface area contributed by atoms with Gasteiger partial charge in [0.15, 0.2) is 0 Å². The van der Waals surface area contributed by atoms with E-state index in [1.807, 2.05) is 5.01 Å². The lowest BCUT2D eigenvalue weighted by atomic mass is 9.90. The van der Waals surface area contributed by atoms with Crippen molar-refractivity contribution in [1.29, 1.82) is 0 Å². The van der Waals surface area contributed by atoms with Gasteiger partial charge >= 0.3 is 6.36 Å². The average Bonchev–Trinajstić information content (AvgIpc) is 3.06. The number of carbonyl (C=O) groups excluding carboxylic acids is 1. The Balaban J connectivity index is 1.38. The van der Waals surface area contributed by atoms with Gasteiger partial charge in [0.2, 0.25) is 0 Å². The van der Waals surface area contributed by atoms with Gasteiger partial charge in [-0.05, 0) is 19.3 Å². The van der Waals surface area contributed by atoms with Gasteiger partial charge in [-0.1, -0.05) is 12.8 Å². The minimum atomic E-state index is -4.60. The molecule has 4 rings (SSSR count). The Bertz CT molecular complexity index is 583. The van der Waals surface area contributed by atoms with Crippen LogP contribution in [0.4, 0.5) is 13.2 Å². The van der Waals surface area contributed by atoms with Gasteiger partial charge < -0.3 is 0 Å². The first-order chi connectivity index (χ1) is 13.3. The van der Waals surface area contributed by atoms with Crippen molar-refractivity contribution in [2.24, 2.45) is 5.92 Å². The molecule has 3 N–H and O–H groups in total. The number of rotatable bonds is 3. The lowest BCUT2D eigenvalue weighted by Crippen LogP contribution is -2.64. The molecular weight excluding hydrogens is 399 g/mol. The topological polar surface area (TPSA) is 68.9 Å². The highest BCUT2D eigenvalue weighted by Gasteiger charge is 2.46. The van der Waals surface area contributed by atoms with Gasteiger partial charge in [0.25, 0.3) is 5.91 Å². The molecule has 1 saturated carbocycles. The number of ether oxygens (including phenoxy) is 1. The highest BCUT2D eigenvalue weighted by Crippen LogP contribution is 2.34. The van der Waals surface area contributed by atoms with Crippen molar-refractivity contribution in [3.05, 3.63) is 0 Å². The van der Waals surface area contributed by atoms with Crippen LogP contribution in [0.15, 0.2) is 0 Å². The summed E-state index contributed by atoms with van der Waals surface area (Å²) in [6, 6.07) is -0.109. The predicted octanol–water partition coefficient (Wildman–Crippen LogP) is 0.955. The number of alkyl halides is 4. The molecule has 0 bridgehead atoms. The zero-order chi connectivity index (χ0) is 19.9. The van der Waals surface area contributed by atoms with Crippen LogP contribution in [-0.2, 0) is 9.53 Å². The molecule has 6 unspecified atom stereocenters. The van der Waals surface area contributed by atoms with E-state index in [9.17, 15) is 18.0 Å². The number of hydrogen-bond acceptors (Lipinski definition) is 6. The van der Waals surface area contributed by atoms with Crippen LogP contribution in [0.1, 0.15) is 32.1 Å². The van der Waals surface area contributed by atoms with Crippen molar-refractivity contribution >= 4 is 17.5 Å². The quantitative estimate of drug-likeness (QED) is 0.585. The second-order valence-corrected chi connectivity index (χ2v) is 8.69. The first-order valence-corrected chi connectivity index (χ1v) is 10.4. The van der Waals surface area contributed by atoms with Crippen LogP contribution in [0.5, 0.6) is 0 Å². The SMILES string of the molecule is O=C1NNCC(N2CCC3NN(C4CCCCC4OC(F)(F)F)CC3C2)C1Cl. The number of piperidine rings is 1. The first-order valence-electron chi connectivity index (χ1n) is 10.00. The molecule has 6 atom stereocenters. The van der Waals surface area contributed by atoms with Crippen molar-refractivity contribution in [3.63, 3.8) is 0 Å². The molecule has 0 radical (unpaired) electrons. The highest BCUT2D eigenvalue weighted by molar-refractivity contribution is 6.31. The van der Waals surface area contributed by atoms with Gasteiger partial charge in [-0.25, -0.2) is 10.4 Å². The zero-order valence-electron chi connectivity index (χ0n) is 15.6. The van der Waals surface area contributed by atoms with Crippen molar-refractivity contribution in [2.45, 2.75) is 68.1 Å². The van der Waals surface area contributed by atoms with E-state index < -0.39 is 17.8 Å². The molecule has 28 heavy (non-hydrogen) atoms. The van der Waals surface area contributed by atoms with Crippen molar-refractivity contribution < 1.29 is 22.7 Å². The van der Waals surface area contributed by atoms with Crippen LogP contribution in [0.25, 0.3) is 0 Å². The van der Waals surface area contributed by atoms with E-state index in [1.165, 1.54) is 0 Å². The summed E-state index contributed by atoms with van der Waals surface area (Å²) in [7, 11) is 0. The summed E-state index contributed by atoms with van der Waals surface area (Å²) in [6.45, 7) is 2.84. The molecule has 3 saturated heterocycles. The molecule has 0 spiro atoms. The molecule has 3 aliphatic heterocycles. The molecule has 3 heterocycles. The fourth-order valence-corrected chi connectivity index (χ4v) is 5.42. The molecule has 0 aromatic carbocycles. The summed E-state index contributed by atoms with van der Waals surface area (Å²) < 4.78 is 42.8. The third-order valence-electron chi connectivity index (χ3n) is 6.46. The monoisotopic (exact) mass is 425 g/mol. The Morgan fingerprint density at radius 3 is 2.68 bits per heavy atom. The Kier molecular flexibility index (Phi) is 6.06. The van der Waals surface area contributed by atoms with Crippen molar-refractivity contribution in [2.75, 3.05) is 26.2 Å². The summed E-state index contributed by atoms with van der Waals surface area (Å²) in [4.78, 5) is 14.1. The smallest absolute Gasteiger partial charge is 0.297 e. The van der Waals surface area contributed by atoms with E-state index >= 15 is 0 Å². The van der Waals surface area contributed by atoms with Gasteiger partial charge in [-0.3, -0.25) is 25.3 Å². The number of halogens is 4. The molecule has 160 valence electrons. The molecular formula is C17H27ClF3N5O2. The molecule has 1 aliphatic carbocycles. The van der Waals surface area contributed by atoms with Crippen LogP contribution in [0, 0.1) is 5.92 Å². The number of fused-ring (bicyclic) bond motifs is 1. The van der Waals surface area contributed by atoms with E-state index in [2.05, 4.69) is 25.9 Å². The summed E-state index contributed by atoms with van der Waals surface area (Å²) >= 11 is 6.30. The second-order valence-electron chi connectivity index (χ2n) is 8.22. The van der Waals surface area contributed by atoms with Crippen molar-refractivity contribution in [3.8, 4) is 0 Å². The Morgan fingerprint density at radius 2 is 1.89 bits per heavy atom. The van der Waals surface area contributed by atoms with Crippen LogP contribution < -0.4 is 16.3 Å². The number of carbonyl (C=O) groups is 1. The molecule has 0 aromatic heterocycles. The summed E-state index contributed by atoms with van der Waals surface area (Å²) in [6.07, 6.45) is -1.74. The average molecular weight is 426 g/mol. The molecule has 11 heteroatoms. The maximum absolute atomic E-state index is 12.8. The lowest BCUT2D eigenvalue weighted by molar-refractivity contribution is -0.351. The van der Waals surface area contributed by atoms with Crippen LogP contribution in [0.3, 0.4) is 0 Å². The Morgan fingerprint density at radius 1 is 1.11 bits per heavy atom. The predicted molar refractivity (Wildman–Crippen MR) is 96.1 cm³/mol. The number of likely N-dealkylation sites (tertiary alicyclic amines) is 1. The largest absolute Gasteiger partial charge is 0.522 e. The van der Waals surface area contributed by atoms with Crippen LogP contribution in [-0.4, -0.2) is 78.0 Å². The number of hydrogen-bond donors (Lipinski definition) is 3. The van der Waals surface area contributed by atoms with E-state index in [-0.39, 0.29) is 30.0 Å². The summed E-state index contributed by atoms with van der Waals surface area (Å²) in [5, 5.41) is 1.38.